The van der Waals surface area contributed by atoms with Crippen LogP contribution in [0.15, 0.2) is 51.7 Å². The average molecular weight is 436 g/mol. The summed E-state index contributed by atoms with van der Waals surface area (Å²) in [6.07, 6.45) is 2.13. The molecule has 3 rings (SSSR count). The monoisotopic (exact) mass is 435 g/mol. The van der Waals surface area contributed by atoms with E-state index in [1.165, 1.54) is 23.4 Å². The molecule has 1 aromatic heterocycles. The van der Waals surface area contributed by atoms with Crippen LogP contribution in [0.4, 0.5) is 5.00 Å². The third kappa shape index (κ3) is 5.49. The zero-order valence-corrected chi connectivity index (χ0v) is 18.8. The molecule has 0 aliphatic carbocycles. The van der Waals surface area contributed by atoms with Crippen molar-refractivity contribution in [2.45, 2.75) is 30.3 Å². The first kappa shape index (κ1) is 21.6. The Morgan fingerprint density at radius 2 is 1.90 bits per heavy atom. The number of benzene rings is 1. The molecular formula is C20H29N5O2S2. The highest BCUT2D eigenvalue weighted by Crippen LogP contribution is 2.24. The minimum Gasteiger partial charge on any atom is -0.363 e. The molecule has 2 heterocycles. The van der Waals surface area contributed by atoms with Gasteiger partial charge in [0, 0.05) is 46.8 Å². The maximum atomic E-state index is 12.2. The molecule has 1 aliphatic rings. The van der Waals surface area contributed by atoms with E-state index in [9.17, 15) is 8.42 Å². The van der Waals surface area contributed by atoms with Gasteiger partial charge in [-0.2, -0.15) is 0 Å². The zero-order chi connectivity index (χ0) is 20.9. The van der Waals surface area contributed by atoms with Crippen LogP contribution in [0.25, 0.3) is 0 Å². The molecule has 1 aromatic carbocycles. The fourth-order valence-electron chi connectivity index (χ4n) is 3.26. The molecule has 7 nitrogen and oxygen atoms in total. The Kier molecular flexibility index (Phi) is 7.15. The molecular weight excluding hydrogens is 406 g/mol. The van der Waals surface area contributed by atoms with Gasteiger partial charge in [0.2, 0.25) is 10.0 Å². The highest BCUT2D eigenvalue weighted by molar-refractivity contribution is 7.89. The van der Waals surface area contributed by atoms with Gasteiger partial charge in [0.05, 0.1) is 9.90 Å². The second kappa shape index (κ2) is 9.60. The van der Waals surface area contributed by atoms with E-state index in [2.05, 4.69) is 38.0 Å². The Morgan fingerprint density at radius 3 is 2.45 bits per heavy atom. The minimum absolute atomic E-state index is 0.297. The summed E-state index contributed by atoms with van der Waals surface area (Å²) < 4.78 is 25.5. The number of aliphatic imine (C=N–C) groups is 1. The van der Waals surface area contributed by atoms with Gasteiger partial charge in [-0.05, 0) is 48.1 Å². The highest BCUT2D eigenvalue weighted by atomic mass is 32.2. The molecule has 9 heteroatoms. The quantitative estimate of drug-likeness (QED) is 0.538. The molecule has 1 saturated heterocycles. The Hall–Kier alpha value is -2.10. The lowest BCUT2D eigenvalue weighted by Gasteiger charge is -2.33. The Balaban J connectivity index is 1.48. The molecule has 29 heavy (non-hydrogen) atoms. The number of guanidine groups is 1. The lowest BCUT2D eigenvalue weighted by atomic mass is 10.1. The number of nitrogens with zero attached hydrogens (tertiary/aromatic N) is 3. The molecule has 0 bridgehead atoms. The average Bonchev–Trinajstić information content (AvgIpc) is 3.26. The Bertz CT molecular complexity index is 901. The van der Waals surface area contributed by atoms with Crippen LogP contribution in [0, 0.1) is 0 Å². The zero-order valence-electron chi connectivity index (χ0n) is 17.1. The van der Waals surface area contributed by atoms with Crippen molar-refractivity contribution in [2.24, 2.45) is 4.99 Å². The van der Waals surface area contributed by atoms with Crippen LogP contribution in [0.5, 0.6) is 0 Å². The molecule has 158 valence electrons. The van der Waals surface area contributed by atoms with E-state index < -0.39 is 10.0 Å². The largest absolute Gasteiger partial charge is 0.363 e. The fraction of sp³-hybridized carbons (Fsp3) is 0.450. The van der Waals surface area contributed by atoms with Crippen molar-refractivity contribution in [3.63, 3.8) is 0 Å². The van der Waals surface area contributed by atoms with Crippen LogP contribution in [0.1, 0.15) is 18.4 Å². The Morgan fingerprint density at radius 1 is 1.21 bits per heavy atom. The summed E-state index contributed by atoms with van der Waals surface area (Å²) in [7, 11) is 1.44. The van der Waals surface area contributed by atoms with Crippen LogP contribution < -0.4 is 15.5 Å². The van der Waals surface area contributed by atoms with Crippen molar-refractivity contribution < 1.29 is 8.42 Å². The molecule has 2 N–H and O–H groups in total. The predicted molar refractivity (Wildman–Crippen MR) is 120 cm³/mol. The van der Waals surface area contributed by atoms with Crippen molar-refractivity contribution in [3.8, 4) is 0 Å². The molecule has 0 unspecified atom stereocenters. The van der Waals surface area contributed by atoms with Crippen molar-refractivity contribution in [1.82, 2.24) is 14.9 Å². The van der Waals surface area contributed by atoms with Gasteiger partial charge in [-0.15, -0.1) is 11.3 Å². The lowest BCUT2D eigenvalue weighted by molar-refractivity contribution is 0.463. The molecule has 0 radical (unpaired) electrons. The molecule has 0 amide bonds. The summed E-state index contributed by atoms with van der Waals surface area (Å²) in [5.41, 5.74) is 0.998. The second-order valence-corrected chi connectivity index (χ2v) is 10.3. The number of thiophene rings is 1. The molecule has 0 spiro atoms. The molecule has 1 fully saturated rings. The summed E-state index contributed by atoms with van der Waals surface area (Å²) in [5, 5.41) is 10.3. The summed E-state index contributed by atoms with van der Waals surface area (Å²) in [6.45, 7) is 2.66. The standard InChI is InChI=1S/C20H29N5O2S2/c1-21-20(23-17-10-12-25(13-11-17)19-5-4-14-28-19)22-15-16-6-8-18(9-7-16)29(26,27)24(2)3/h4-9,14,17H,10-13,15H2,1-3H3,(H2,21,22,23). The summed E-state index contributed by atoms with van der Waals surface area (Å²) in [5.74, 6) is 0.768. The first-order chi connectivity index (χ1) is 13.9. The van der Waals surface area contributed by atoms with E-state index in [4.69, 9.17) is 0 Å². The molecule has 2 aromatic rings. The summed E-state index contributed by atoms with van der Waals surface area (Å²) in [4.78, 5) is 7.06. The molecule has 1 aliphatic heterocycles. The lowest BCUT2D eigenvalue weighted by Crippen LogP contribution is -2.48. The van der Waals surface area contributed by atoms with E-state index in [1.807, 2.05) is 12.1 Å². The smallest absolute Gasteiger partial charge is 0.242 e. The number of anilines is 1. The minimum atomic E-state index is -3.40. The van der Waals surface area contributed by atoms with Gasteiger partial charge >= 0.3 is 0 Å². The van der Waals surface area contributed by atoms with Gasteiger partial charge in [-0.1, -0.05) is 12.1 Å². The van der Waals surface area contributed by atoms with Crippen molar-refractivity contribution in [2.75, 3.05) is 39.1 Å². The van der Waals surface area contributed by atoms with Crippen LogP contribution in [-0.4, -0.2) is 59.0 Å². The van der Waals surface area contributed by atoms with Crippen molar-refractivity contribution >= 4 is 32.3 Å². The number of hydrogen-bond donors (Lipinski definition) is 2. The number of sulfonamides is 1. The third-order valence-corrected chi connectivity index (χ3v) is 7.80. The van der Waals surface area contributed by atoms with Gasteiger partial charge in [-0.3, -0.25) is 4.99 Å². The SMILES string of the molecule is CN=C(NCc1ccc(S(=O)(=O)N(C)C)cc1)NC1CCN(c2cccs2)CC1. The normalized spacial score (nSPS) is 16.3. The van der Waals surface area contributed by atoms with E-state index in [0.29, 0.717) is 17.5 Å². The number of piperidine rings is 1. The fourth-order valence-corrected chi connectivity index (χ4v) is 4.94. The second-order valence-electron chi connectivity index (χ2n) is 7.21. The van der Waals surface area contributed by atoms with E-state index >= 15 is 0 Å². The van der Waals surface area contributed by atoms with Crippen molar-refractivity contribution in [3.05, 3.63) is 47.3 Å². The van der Waals surface area contributed by atoms with Crippen molar-refractivity contribution in [1.29, 1.82) is 0 Å². The van der Waals surface area contributed by atoms with Crippen LogP contribution >= 0.6 is 11.3 Å². The topological polar surface area (TPSA) is 77.0 Å². The number of nitrogens with one attached hydrogen (secondary N) is 2. The van der Waals surface area contributed by atoms with Gasteiger partial charge in [-0.25, -0.2) is 12.7 Å². The van der Waals surface area contributed by atoms with E-state index in [1.54, 1.807) is 30.5 Å². The molecule has 0 atom stereocenters. The summed E-state index contributed by atoms with van der Waals surface area (Å²) in [6, 6.07) is 11.6. The van der Waals surface area contributed by atoms with Gasteiger partial charge in [0.15, 0.2) is 5.96 Å². The van der Waals surface area contributed by atoms with Crippen LogP contribution in [-0.2, 0) is 16.6 Å². The van der Waals surface area contributed by atoms with E-state index in [0.717, 1.165) is 37.5 Å². The van der Waals surface area contributed by atoms with Crippen LogP contribution in [0.3, 0.4) is 0 Å². The predicted octanol–water partition coefficient (Wildman–Crippen LogP) is 2.33. The van der Waals surface area contributed by atoms with Gasteiger partial charge < -0.3 is 15.5 Å². The molecule has 0 saturated carbocycles. The highest BCUT2D eigenvalue weighted by Gasteiger charge is 2.21. The Labute approximate surface area is 177 Å². The number of hydrogen-bond acceptors (Lipinski definition) is 5. The maximum Gasteiger partial charge on any atom is 0.242 e. The van der Waals surface area contributed by atoms with E-state index in [-0.39, 0.29) is 0 Å². The van der Waals surface area contributed by atoms with Crippen LogP contribution in [0.2, 0.25) is 0 Å². The summed E-state index contributed by atoms with van der Waals surface area (Å²) >= 11 is 1.79. The maximum absolute atomic E-state index is 12.2. The third-order valence-electron chi connectivity index (χ3n) is 5.04. The van der Waals surface area contributed by atoms with Gasteiger partial charge in [0.1, 0.15) is 0 Å². The number of rotatable bonds is 6. The first-order valence-corrected chi connectivity index (χ1v) is 12.0. The first-order valence-electron chi connectivity index (χ1n) is 9.67. The van der Waals surface area contributed by atoms with Gasteiger partial charge in [0.25, 0.3) is 0 Å².